The molecule has 5 heteroatoms. The van der Waals surface area contributed by atoms with Crippen LogP contribution in [-0.2, 0) is 9.09 Å². The first-order valence-electron chi connectivity index (χ1n) is 8.82. The van der Waals surface area contributed by atoms with Crippen molar-refractivity contribution < 1.29 is 14.0 Å². The zero-order valence-corrected chi connectivity index (χ0v) is 14.8. The Morgan fingerprint density at radius 1 is 0.762 bits per heavy atom. The molecule has 0 aromatic carbocycles. The molecule has 0 amide bonds. The summed E-state index contributed by atoms with van der Waals surface area (Å²) in [4.78, 5) is 8.73. The molecule has 0 saturated heterocycles. The second-order valence-corrected chi connectivity index (χ2v) is 7.38. The lowest BCUT2D eigenvalue weighted by Gasteiger charge is -2.06. The highest BCUT2D eigenvalue weighted by atomic mass is 31.2. The Bertz CT molecular complexity index is 256. The average molecular weight is 321 g/mol. The lowest BCUT2D eigenvalue weighted by atomic mass is 10.0. The number of nitrogens with two attached hydrogens (primary N) is 1. The summed E-state index contributed by atoms with van der Waals surface area (Å²) in [5, 5.41) is 0. The van der Waals surface area contributed by atoms with Crippen LogP contribution in [0.1, 0.15) is 96.8 Å². The Kier molecular flexibility index (Phi) is 15.1. The summed E-state index contributed by atoms with van der Waals surface area (Å²) >= 11 is 0. The molecular weight excluding hydrogens is 285 g/mol. The maximum Gasteiger partial charge on any atom is 0.400 e. The number of hydrogen-bond acceptors (Lipinski definition) is 2. The van der Waals surface area contributed by atoms with Gasteiger partial charge >= 0.3 is 7.75 Å². The smallest absolute Gasteiger partial charge is 0.313 e. The van der Waals surface area contributed by atoms with E-state index in [4.69, 9.17) is 10.4 Å². The van der Waals surface area contributed by atoms with Gasteiger partial charge < -0.3 is 4.89 Å². The Hall–Kier alpha value is 0.110. The van der Waals surface area contributed by atoms with Gasteiger partial charge in [0, 0.05) is 0 Å². The maximum atomic E-state index is 10.7. The van der Waals surface area contributed by atoms with Gasteiger partial charge in [0.15, 0.2) is 0 Å². The molecule has 21 heavy (non-hydrogen) atoms. The van der Waals surface area contributed by atoms with Gasteiger partial charge in [-0.05, 0) is 6.42 Å². The third-order valence-corrected chi connectivity index (χ3v) is 4.33. The van der Waals surface area contributed by atoms with Gasteiger partial charge in [-0.3, -0.25) is 4.52 Å². The molecule has 0 spiro atoms. The SMILES string of the molecule is CCCCCCCCCCCCCCCCOP(N)(=O)O. The molecule has 0 radical (unpaired) electrons. The molecule has 0 saturated carbocycles. The Labute approximate surface area is 131 Å². The minimum Gasteiger partial charge on any atom is -0.313 e. The lowest BCUT2D eigenvalue weighted by Crippen LogP contribution is -1.99. The molecule has 0 aromatic rings. The molecule has 0 rings (SSSR count). The molecule has 1 unspecified atom stereocenters. The predicted octanol–water partition coefficient (Wildman–Crippen LogP) is 5.54. The topological polar surface area (TPSA) is 72.5 Å². The first-order chi connectivity index (χ1) is 10.1. The lowest BCUT2D eigenvalue weighted by molar-refractivity contribution is 0.253. The first kappa shape index (κ1) is 21.1. The first-order valence-corrected chi connectivity index (χ1v) is 10.5. The van der Waals surface area contributed by atoms with E-state index in [1.54, 1.807) is 0 Å². The van der Waals surface area contributed by atoms with Crippen LogP contribution in [0.3, 0.4) is 0 Å². The van der Waals surface area contributed by atoms with Crippen LogP contribution in [-0.4, -0.2) is 11.5 Å². The molecule has 0 aliphatic carbocycles. The fourth-order valence-corrected chi connectivity index (χ4v) is 2.88. The molecular formula is C16H36NO3P. The molecule has 1 atom stereocenters. The standard InChI is InChI=1S/C16H36NO3P/c1-2-3-4-5-6-7-8-9-10-11-12-13-14-15-16-20-21(17,18)19/h2-16H2,1H3,(H3,17,18,19). The molecule has 0 aliphatic rings. The monoisotopic (exact) mass is 321 g/mol. The van der Waals surface area contributed by atoms with Crippen molar-refractivity contribution in [2.75, 3.05) is 6.61 Å². The van der Waals surface area contributed by atoms with E-state index in [-0.39, 0.29) is 0 Å². The summed E-state index contributed by atoms with van der Waals surface area (Å²) in [6.07, 6.45) is 18.1. The van der Waals surface area contributed by atoms with E-state index in [0.717, 1.165) is 12.8 Å². The van der Waals surface area contributed by atoms with Crippen molar-refractivity contribution in [2.24, 2.45) is 5.50 Å². The number of rotatable bonds is 16. The fourth-order valence-electron chi connectivity index (χ4n) is 2.49. The highest BCUT2D eigenvalue weighted by Gasteiger charge is 2.09. The third kappa shape index (κ3) is 20.1. The Morgan fingerprint density at radius 3 is 1.43 bits per heavy atom. The summed E-state index contributed by atoms with van der Waals surface area (Å²) in [6.45, 7) is 2.55. The van der Waals surface area contributed by atoms with E-state index in [1.165, 1.54) is 77.0 Å². The van der Waals surface area contributed by atoms with Crippen molar-refractivity contribution in [2.45, 2.75) is 96.8 Å². The molecule has 0 aromatic heterocycles. The number of hydrogen-bond donors (Lipinski definition) is 2. The molecule has 0 bridgehead atoms. The average Bonchev–Trinajstić information content (AvgIpc) is 2.42. The molecule has 0 fully saturated rings. The fraction of sp³-hybridized carbons (Fsp3) is 1.00. The van der Waals surface area contributed by atoms with E-state index >= 15 is 0 Å². The van der Waals surface area contributed by atoms with Gasteiger partial charge in [0.2, 0.25) is 0 Å². The van der Waals surface area contributed by atoms with Gasteiger partial charge in [0.05, 0.1) is 6.61 Å². The Balaban J connectivity index is 3.01. The largest absolute Gasteiger partial charge is 0.400 e. The summed E-state index contributed by atoms with van der Waals surface area (Å²) < 4.78 is 15.3. The second-order valence-electron chi connectivity index (χ2n) is 5.99. The van der Waals surface area contributed by atoms with E-state index < -0.39 is 7.75 Å². The van der Waals surface area contributed by atoms with Gasteiger partial charge in [0.1, 0.15) is 0 Å². The van der Waals surface area contributed by atoms with Gasteiger partial charge in [0.25, 0.3) is 0 Å². The highest BCUT2D eigenvalue weighted by Crippen LogP contribution is 2.31. The number of unbranched alkanes of at least 4 members (excludes halogenated alkanes) is 13. The van der Waals surface area contributed by atoms with Gasteiger partial charge in [-0.15, -0.1) is 0 Å². The van der Waals surface area contributed by atoms with E-state index in [2.05, 4.69) is 11.4 Å². The van der Waals surface area contributed by atoms with Crippen LogP contribution >= 0.6 is 7.75 Å². The highest BCUT2D eigenvalue weighted by molar-refractivity contribution is 7.50. The molecule has 0 aliphatic heterocycles. The van der Waals surface area contributed by atoms with Crippen molar-refractivity contribution >= 4 is 7.75 Å². The van der Waals surface area contributed by atoms with Crippen molar-refractivity contribution in [1.82, 2.24) is 0 Å². The molecule has 3 N–H and O–H groups in total. The summed E-state index contributed by atoms with van der Waals surface area (Å²) in [6, 6.07) is 0. The zero-order valence-electron chi connectivity index (χ0n) is 13.9. The minimum atomic E-state index is -3.75. The Morgan fingerprint density at radius 2 is 1.10 bits per heavy atom. The van der Waals surface area contributed by atoms with Gasteiger partial charge in [-0.25, -0.2) is 10.1 Å². The van der Waals surface area contributed by atoms with Gasteiger partial charge in [-0.2, -0.15) is 0 Å². The van der Waals surface area contributed by atoms with Crippen LogP contribution in [0.4, 0.5) is 0 Å². The predicted molar refractivity (Wildman–Crippen MR) is 90.3 cm³/mol. The van der Waals surface area contributed by atoms with Crippen LogP contribution in [0, 0.1) is 0 Å². The quantitative estimate of drug-likeness (QED) is 0.289. The van der Waals surface area contributed by atoms with Crippen LogP contribution in [0.15, 0.2) is 0 Å². The maximum absolute atomic E-state index is 10.7. The summed E-state index contributed by atoms with van der Waals surface area (Å²) in [5.74, 6) is 0. The van der Waals surface area contributed by atoms with Gasteiger partial charge in [-0.1, -0.05) is 90.4 Å². The summed E-state index contributed by atoms with van der Waals surface area (Å²) in [7, 11) is -3.75. The third-order valence-electron chi connectivity index (χ3n) is 3.77. The molecule has 128 valence electrons. The van der Waals surface area contributed by atoms with Crippen LogP contribution in [0.25, 0.3) is 0 Å². The van der Waals surface area contributed by atoms with E-state index in [0.29, 0.717) is 6.61 Å². The van der Waals surface area contributed by atoms with Crippen LogP contribution in [0.2, 0.25) is 0 Å². The molecule has 4 nitrogen and oxygen atoms in total. The van der Waals surface area contributed by atoms with E-state index in [1.807, 2.05) is 0 Å². The van der Waals surface area contributed by atoms with Crippen molar-refractivity contribution in [3.8, 4) is 0 Å². The zero-order chi connectivity index (χ0) is 15.8. The van der Waals surface area contributed by atoms with E-state index in [9.17, 15) is 4.57 Å². The van der Waals surface area contributed by atoms with Crippen LogP contribution in [0.5, 0.6) is 0 Å². The van der Waals surface area contributed by atoms with Crippen molar-refractivity contribution in [3.63, 3.8) is 0 Å². The van der Waals surface area contributed by atoms with Crippen LogP contribution < -0.4 is 5.50 Å². The minimum absolute atomic E-state index is 0.294. The van der Waals surface area contributed by atoms with Crippen molar-refractivity contribution in [3.05, 3.63) is 0 Å². The van der Waals surface area contributed by atoms with Crippen molar-refractivity contribution in [1.29, 1.82) is 0 Å². The summed E-state index contributed by atoms with van der Waals surface area (Å²) in [5.41, 5.74) is 4.88. The second kappa shape index (κ2) is 15.0. The molecule has 0 heterocycles. The normalized spacial score (nSPS) is 14.2.